The number of phenols is 1. The molecule has 7 nitrogen and oxygen atoms in total. The van der Waals surface area contributed by atoms with E-state index in [1.54, 1.807) is 25.2 Å². The highest BCUT2D eigenvalue weighted by atomic mass is 16.5. The normalized spacial score (nSPS) is 11.2. The van der Waals surface area contributed by atoms with Gasteiger partial charge in [-0.05, 0) is 31.0 Å². The summed E-state index contributed by atoms with van der Waals surface area (Å²) in [6.07, 6.45) is 2.94. The Hall–Kier alpha value is -2.75. The molecule has 130 valence electrons. The summed E-state index contributed by atoms with van der Waals surface area (Å²) >= 11 is 0. The minimum atomic E-state index is -0.914. The predicted octanol–water partition coefficient (Wildman–Crippen LogP) is 2.16. The summed E-state index contributed by atoms with van der Waals surface area (Å²) in [6.45, 7) is 4.15. The van der Waals surface area contributed by atoms with E-state index in [2.05, 4.69) is 5.32 Å². The lowest BCUT2D eigenvalue weighted by atomic mass is 10.0. The van der Waals surface area contributed by atoms with Crippen LogP contribution in [0.5, 0.6) is 5.75 Å². The van der Waals surface area contributed by atoms with Gasteiger partial charge in [-0.1, -0.05) is 25.5 Å². The molecule has 0 aliphatic heterocycles. The van der Waals surface area contributed by atoms with Gasteiger partial charge in [0.05, 0.1) is 6.61 Å². The Balaban J connectivity index is 2.82. The molecule has 0 heterocycles. The number of alkyl carbamates (subject to hydrolysis) is 1. The topological polar surface area (TPSA) is 103 Å². The molecular weight excluding hydrogens is 310 g/mol. The lowest BCUT2D eigenvalue weighted by Crippen LogP contribution is -2.48. The first-order chi connectivity index (χ1) is 11.5. The SMILES string of the molecule is CCCCOC(=O)NC(Cc1ccc(O)cc1)C(=O)N(C#N)CC. The van der Waals surface area contributed by atoms with Crippen LogP contribution in [0.15, 0.2) is 24.3 Å². The van der Waals surface area contributed by atoms with Crippen LogP contribution in [0.1, 0.15) is 32.3 Å². The number of aromatic hydroxyl groups is 1. The molecule has 1 unspecified atom stereocenters. The van der Waals surface area contributed by atoms with E-state index in [1.165, 1.54) is 12.1 Å². The lowest BCUT2D eigenvalue weighted by Gasteiger charge is -2.21. The van der Waals surface area contributed by atoms with Crippen molar-refractivity contribution in [3.05, 3.63) is 29.8 Å². The summed E-state index contributed by atoms with van der Waals surface area (Å²) in [4.78, 5) is 25.3. The fraction of sp³-hybridized carbons (Fsp3) is 0.471. The Morgan fingerprint density at radius 2 is 2.00 bits per heavy atom. The van der Waals surface area contributed by atoms with Gasteiger partial charge in [-0.15, -0.1) is 0 Å². The molecule has 2 amide bonds. The van der Waals surface area contributed by atoms with Gasteiger partial charge in [0.2, 0.25) is 0 Å². The molecule has 1 atom stereocenters. The number of hydrogen-bond acceptors (Lipinski definition) is 5. The Morgan fingerprint density at radius 1 is 1.33 bits per heavy atom. The summed E-state index contributed by atoms with van der Waals surface area (Å²) in [5, 5.41) is 20.9. The van der Waals surface area contributed by atoms with E-state index < -0.39 is 18.0 Å². The van der Waals surface area contributed by atoms with Gasteiger partial charge in [0, 0.05) is 13.0 Å². The number of nitrogens with zero attached hydrogens (tertiary/aromatic N) is 2. The lowest BCUT2D eigenvalue weighted by molar-refractivity contribution is -0.130. The van der Waals surface area contributed by atoms with Crippen LogP contribution in [0, 0.1) is 11.5 Å². The van der Waals surface area contributed by atoms with E-state index >= 15 is 0 Å². The molecule has 0 aromatic heterocycles. The fourth-order valence-electron chi connectivity index (χ4n) is 2.02. The number of phenolic OH excluding ortho intramolecular Hbond substituents is 1. The van der Waals surface area contributed by atoms with E-state index in [-0.39, 0.29) is 25.3 Å². The predicted molar refractivity (Wildman–Crippen MR) is 88.0 cm³/mol. The molecule has 1 rings (SSSR count). The molecule has 0 radical (unpaired) electrons. The quantitative estimate of drug-likeness (QED) is 0.431. The van der Waals surface area contributed by atoms with Crippen molar-refractivity contribution in [2.24, 2.45) is 0 Å². The molecule has 0 aliphatic carbocycles. The van der Waals surface area contributed by atoms with E-state index in [1.807, 2.05) is 6.92 Å². The van der Waals surface area contributed by atoms with E-state index in [4.69, 9.17) is 10.00 Å². The van der Waals surface area contributed by atoms with Gasteiger partial charge >= 0.3 is 6.09 Å². The highest BCUT2D eigenvalue weighted by Crippen LogP contribution is 2.12. The van der Waals surface area contributed by atoms with Crippen LogP contribution in [0.2, 0.25) is 0 Å². The first-order valence-corrected chi connectivity index (χ1v) is 7.94. The van der Waals surface area contributed by atoms with Gasteiger partial charge in [-0.3, -0.25) is 4.79 Å². The van der Waals surface area contributed by atoms with Gasteiger partial charge in [0.1, 0.15) is 11.8 Å². The fourth-order valence-corrected chi connectivity index (χ4v) is 2.02. The van der Waals surface area contributed by atoms with Crippen LogP contribution in [-0.4, -0.2) is 41.2 Å². The average molecular weight is 333 g/mol. The zero-order valence-corrected chi connectivity index (χ0v) is 14.0. The van der Waals surface area contributed by atoms with Gasteiger partial charge in [-0.25, -0.2) is 9.69 Å². The summed E-state index contributed by atoms with van der Waals surface area (Å²) in [7, 11) is 0. The van der Waals surface area contributed by atoms with E-state index in [0.29, 0.717) is 0 Å². The van der Waals surface area contributed by atoms with Crippen LogP contribution in [0.3, 0.4) is 0 Å². The second-order valence-electron chi connectivity index (χ2n) is 5.24. The average Bonchev–Trinajstić information content (AvgIpc) is 2.57. The first-order valence-electron chi connectivity index (χ1n) is 7.94. The zero-order chi connectivity index (χ0) is 17.9. The number of carbonyl (C=O) groups is 2. The minimum Gasteiger partial charge on any atom is -0.508 e. The highest BCUT2D eigenvalue weighted by Gasteiger charge is 2.26. The number of hydrogen-bond donors (Lipinski definition) is 2. The van der Waals surface area contributed by atoms with Crippen LogP contribution >= 0.6 is 0 Å². The van der Waals surface area contributed by atoms with E-state index in [0.717, 1.165) is 23.3 Å². The van der Waals surface area contributed by atoms with Crippen LogP contribution in [0.4, 0.5) is 4.79 Å². The molecule has 0 saturated carbocycles. The summed E-state index contributed by atoms with van der Waals surface area (Å²) in [6, 6.07) is 5.39. The molecule has 2 N–H and O–H groups in total. The number of amides is 2. The van der Waals surface area contributed by atoms with Crippen molar-refractivity contribution < 1.29 is 19.4 Å². The smallest absolute Gasteiger partial charge is 0.407 e. The molecule has 0 fully saturated rings. The van der Waals surface area contributed by atoms with Crippen LogP contribution in [-0.2, 0) is 16.0 Å². The molecule has 7 heteroatoms. The molecule has 0 saturated heterocycles. The Kier molecular flexibility index (Phi) is 8.13. The molecule has 0 aliphatic rings. The number of benzene rings is 1. The number of nitriles is 1. The standard InChI is InChI=1S/C17H23N3O4/c1-3-5-10-24-17(23)19-15(16(22)20(4-2)12-18)11-13-6-8-14(21)9-7-13/h6-9,15,21H,3-5,10-11H2,1-2H3,(H,19,23). The van der Waals surface area contributed by atoms with Crippen LogP contribution < -0.4 is 5.32 Å². The highest BCUT2D eigenvalue weighted by molar-refractivity contribution is 5.87. The summed E-state index contributed by atoms with van der Waals surface area (Å²) in [5.41, 5.74) is 0.744. The van der Waals surface area contributed by atoms with Gasteiger partial charge < -0.3 is 15.2 Å². The second-order valence-corrected chi connectivity index (χ2v) is 5.24. The summed E-state index contributed by atoms with van der Waals surface area (Å²) in [5.74, 6) is -0.388. The maximum Gasteiger partial charge on any atom is 0.407 e. The molecule has 1 aromatic rings. The maximum absolute atomic E-state index is 12.4. The van der Waals surface area contributed by atoms with E-state index in [9.17, 15) is 14.7 Å². The van der Waals surface area contributed by atoms with Gasteiger partial charge in [0.15, 0.2) is 6.19 Å². The molecule has 0 spiro atoms. The van der Waals surface area contributed by atoms with Crippen molar-refractivity contribution in [1.29, 1.82) is 5.26 Å². The number of nitrogens with one attached hydrogen (secondary N) is 1. The second kappa shape index (κ2) is 10.1. The largest absolute Gasteiger partial charge is 0.508 e. The van der Waals surface area contributed by atoms with Crippen molar-refractivity contribution in [3.8, 4) is 11.9 Å². The third-order valence-corrected chi connectivity index (χ3v) is 3.40. The maximum atomic E-state index is 12.4. The van der Waals surface area contributed by atoms with Crippen molar-refractivity contribution >= 4 is 12.0 Å². The van der Waals surface area contributed by atoms with Crippen molar-refractivity contribution in [2.75, 3.05) is 13.2 Å². The Morgan fingerprint density at radius 3 is 2.54 bits per heavy atom. The molecule has 0 bridgehead atoms. The molecule has 24 heavy (non-hydrogen) atoms. The number of unbranched alkanes of at least 4 members (excludes halogenated alkanes) is 1. The van der Waals surface area contributed by atoms with Crippen LogP contribution in [0.25, 0.3) is 0 Å². The number of ether oxygens (including phenoxy) is 1. The summed E-state index contributed by atoms with van der Waals surface area (Å²) < 4.78 is 5.02. The first kappa shape index (κ1) is 19.3. The Bertz CT molecular complexity index is 580. The molecular formula is C17H23N3O4. The third-order valence-electron chi connectivity index (χ3n) is 3.40. The monoisotopic (exact) mass is 333 g/mol. The number of carbonyl (C=O) groups excluding carboxylic acids is 2. The zero-order valence-electron chi connectivity index (χ0n) is 14.0. The van der Waals surface area contributed by atoms with Gasteiger partial charge in [0.25, 0.3) is 5.91 Å². The van der Waals surface area contributed by atoms with Crippen molar-refractivity contribution in [2.45, 2.75) is 39.2 Å². The van der Waals surface area contributed by atoms with Crippen molar-refractivity contribution in [3.63, 3.8) is 0 Å². The number of rotatable bonds is 8. The van der Waals surface area contributed by atoms with Crippen molar-refractivity contribution in [1.82, 2.24) is 10.2 Å². The minimum absolute atomic E-state index is 0.112. The van der Waals surface area contributed by atoms with Gasteiger partial charge in [-0.2, -0.15) is 5.26 Å². The molecule has 1 aromatic carbocycles. The Labute approximate surface area is 141 Å². The number of likely N-dealkylation sites (N-methyl/N-ethyl adjacent to an activating group) is 1. The third kappa shape index (κ3) is 6.16.